The van der Waals surface area contributed by atoms with E-state index >= 15 is 0 Å². The Morgan fingerprint density at radius 2 is 1.88 bits per heavy atom. The first-order valence-corrected chi connectivity index (χ1v) is 10.1. The van der Waals surface area contributed by atoms with Crippen molar-refractivity contribution in [2.75, 3.05) is 6.61 Å². The molecular weight excluding hydrogens is 292 g/mol. The van der Waals surface area contributed by atoms with E-state index in [1.807, 2.05) is 0 Å². The van der Waals surface area contributed by atoms with Gasteiger partial charge in [-0.3, -0.25) is 0 Å². The molecule has 134 valence electrons. The van der Waals surface area contributed by atoms with Gasteiger partial charge in [-0.1, -0.05) is 44.6 Å². The highest BCUT2D eigenvalue weighted by Gasteiger charge is 2.22. The molecular formula is C23H36O. The average molecular weight is 329 g/mol. The van der Waals surface area contributed by atoms with Gasteiger partial charge in [-0.2, -0.15) is 0 Å². The van der Waals surface area contributed by atoms with Crippen molar-refractivity contribution in [2.45, 2.75) is 84.5 Å². The van der Waals surface area contributed by atoms with Crippen LogP contribution in [0.4, 0.5) is 0 Å². The summed E-state index contributed by atoms with van der Waals surface area (Å²) in [6, 6.07) is 7.00. The Morgan fingerprint density at radius 3 is 2.54 bits per heavy atom. The zero-order valence-electron chi connectivity index (χ0n) is 16.0. The van der Waals surface area contributed by atoms with Crippen LogP contribution in [-0.4, -0.2) is 6.61 Å². The molecule has 0 heterocycles. The lowest BCUT2D eigenvalue weighted by molar-refractivity contribution is 0.308. The van der Waals surface area contributed by atoms with E-state index in [1.54, 1.807) is 5.56 Å². The molecule has 0 saturated heterocycles. The highest BCUT2D eigenvalue weighted by atomic mass is 16.5. The number of allylic oxidation sites excluding steroid dienone is 2. The third-order valence-corrected chi connectivity index (χ3v) is 5.36. The molecule has 0 atom stereocenters. The zero-order valence-corrected chi connectivity index (χ0v) is 16.0. The number of benzene rings is 1. The molecule has 0 aromatic heterocycles. The summed E-state index contributed by atoms with van der Waals surface area (Å²) in [5.41, 5.74) is 2.97. The number of hydrogen-bond acceptors (Lipinski definition) is 1. The van der Waals surface area contributed by atoms with Crippen molar-refractivity contribution in [1.29, 1.82) is 0 Å². The van der Waals surface area contributed by atoms with Crippen LogP contribution in [-0.2, 0) is 6.42 Å². The largest absolute Gasteiger partial charge is 0.493 e. The van der Waals surface area contributed by atoms with Gasteiger partial charge in [0.15, 0.2) is 0 Å². The van der Waals surface area contributed by atoms with Crippen molar-refractivity contribution in [3.63, 3.8) is 0 Å². The normalized spacial score (nSPS) is 21.3. The second kappa shape index (κ2) is 10.6. The van der Waals surface area contributed by atoms with E-state index in [1.165, 1.54) is 50.5 Å². The number of rotatable bonds is 9. The summed E-state index contributed by atoms with van der Waals surface area (Å²) in [7, 11) is 0. The monoisotopic (exact) mass is 328 g/mol. The molecule has 1 aliphatic carbocycles. The molecule has 1 aromatic carbocycles. The Balaban J connectivity index is 1.95. The summed E-state index contributed by atoms with van der Waals surface area (Å²) in [6.45, 7) is 7.38. The van der Waals surface area contributed by atoms with Crippen LogP contribution in [0.3, 0.4) is 0 Å². The first-order valence-electron chi connectivity index (χ1n) is 10.1. The maximum Gasteiger partial charge on any atom is 0.122 e. The van der Waals surface area contributed by atoms with Crippen molar-refractivity contribution in [3.05, 3.63) is 41.5 Å². The van der Waals surface area contributed by atoms with Crippen molar-refractivity contribution >= 4 is 0 Å². The maximum absolute atomic E-state index is 5.95. The Labute approximate surface area is 149 Å². The number of hydrogen-bond donors (Lipinski definition) is 0. The Hall–Kier alpha value is -1.24. The van der Waals surface area contributed by atoms with Gasteiger partial charge in [-0.05, 0) is 87.3 Å². The Kier molecular flexibility index (Phi) is 8.42. The van der Waals surface area contributed by atoms with Gasteiger partial charge >= 0.3 is 0 Å². The standard InChI is InChI=1S/C23H36O/c1-4-7-8-10-19-11-13-20(14-12-19)21-15-16-23(24-17-6-3)22(18-21)9-5-2/h4,7,15-16,18-20H,5-6,8-14,17H2,1-3H3/b7-4+. The molecule has 1 fully saturated rings. The van der Waals surface area contributed by atoms with Crippen LogP contribution in [0.2, 0.25) is 0 Å². The Morgan fingerprint density at radius 1 is 1.08 bits per heavy atom. The fraction of sp³-hybridized carbons (Fsp3) is 0.652. The molecule has 0 aliphatic heterocycles. The predicted octanol–water partition coefficient (Wildman–Crippen LogP) is 7.06. The molecule has 0 spiro atoms. The van der Waals surface area contributed by atoms with E-state index in [-0.39, 0.29) is 0 Å². The molecule has 24 heavy (non-hydrogen) atoms. The third-order valence-electron chi connectivity index (χ3n) is 5.36. The molecule has 0 unspecified atom stereocenters. The topological polar surface area (TPSA) is 9.23 Å². The SMILES string of the molecule is C/C=C/CCC1CCC(c2ccc(OCCC)c(CCC)c2)CC1. The lowest BCUT2D eigenvalue weighted by Crippen LogP contribution is -2.13. The number of aryl methyl sites for hydroxylation is 1. The molecule has 0 N–H and O–H groups in total. The maximum atomic E-state index is 5.95. The van der Waals surface area contributed by atoms with Gasteiger partial charge in [0.05, 0.1) is 6.61 Å². The molecule has 0 amide bonds. The highest BCUT2D eigenvalue weighted by Crippen LogP contribution is 2.38. The summed E-state index contributed by atoms with van der Waals surface area (Å²) in [5.74, 6) is 2.82. The minimum atomic E-state index is 0.763. The summed E-state index contributed by atoms with van der Waals surface area (Å²) in [6.07, 6.45) is 16.1. The lowest BCUT2D eigenvalue weighted by atomic mass is 9.77. The van der Waals surface area contributed by atoms with Crippen LogP contribution < -0.4 is 4.74 Å². The molecule has 1 aliphatic rings. The summed E-state index contributed by atoms with van der Waals surface area (Å²) >= 11 is 0. The summed E-state index contributed by atoms with van der Waals surface area (Å²) < 4.78 is 5.95. The van der Waals surface area contributed by atoms with Crippen LogP contribution in [0, 0.1) is 5.92 Å². The fourth-order valence-corrected chi connectivity index (χ4v) is 3.95. The quantitative estimate of drug-likeness (QED) is 0.441. The second-order valence-corrected chi connectivity index (χ2v) is 7.33. The van der Waals surface area contributed by atoms with Crippen LogP contribution in [0.5, 0.6) is 5.75 Å². The molecule has 2 rings (SSSR count). The van der Waals surface area contributed by atoms with Gasteiger partial charge in [0.2, 0.25) is 0 Å². The first-order chi connectivity index (χ1) is 11.8. The van der Waals surface area contributed by atoms with Gasteiger partial charge in [-0.15, -0.1) is 0 Å². The van der Waals surface area contributed by atoms with E-state index in [0.717, 1.165) is 37.0 Å². The van der Waals surface area contributed by atoms with Crippen LogP contribution in [0.25, 0.3) is 0 Å². The lowest BCUT2D eigenvalue weighted by Gasteiger charge is -2.29. The second-order valence-electron chi connectivity index (χ2n) is 7.33. The van der Waals surface area contributed by atoms with Gasteiger partial charge < -0.3 is 4.74 Å². The molecule has 1 saturated carbocycles. The van der Waals surface area contributed by atoms with Gasteiger partial charge in [-0.25, -0.2) is 0 Å². The molecule has 0 radical (unpaired) electrons. The van der Waals surface area contributed by atoms with Gasteiger partial charge in [0.1, 0.15) is 5.75 Å². The van der Waals surface area contributed by atoms with E-state index < -0.39 is 0 Å². The van der Waals surface area contributed by atoms with E-state index in [2.05, 4.69) is 51.1 Å². The fourth-order valence-electron chi connectivity index (χ4n) is 3.95. The predicted molar refractivity (Wildman–Crippen MR) is 105 cm³/mol. The van der Waals surface area contributed by atoms with E-state index in [4.69, 9.17) is 4.74 Å². The highest BCUT2D eigenvalue weighted by molar-refractivity contribution is 5.39. The minimum absolute atomic E-state index is 0.763. The van der Waals surface area contributed by atoms with Crippen LogP contribution in [0.15, 0.2) is 30.4 Å². The molecule has 1 nitrogen and oxygen atoms in total. The molecule has 0 bridgehead atoms. The van der Waals surface area contributed by atoms with Crippen molar-refractivity contribution in [3.8, 4) is 5.75 Å². The molecule has 1 heteroatoms. The smallest absolute Gasteiger partial charge is 0.122 e. The zero-order chi connectivity index (χ0) is 17.2. The van der Waals surface area contributed by atoms with Crippen molar-refractivity contribution in [2.24, 2.45) is 5.92 Å². The Bertz CT molecular complexity index is 495. The van der Waals surface area contributed by atoms with Crippen LogP contribution >= 0.6 is 0 Å². The van der Waals surface area contributed by atoms with Crippen molar-refractivity contribution < 1.29 is 4.74 Å². The minimum Gasteiger partial charge on any atom is -0.493 e. The van der Waals surface area contributed by atoms with Crippen LogP contribution in [0.1, 0.15) is 89.2 Å². The average Bonchev–Trinajstić information content (AvgIpc) is 2.62. The molecule has 1 aromatic rings. The van der Waals surface area contributed by atoms with Crippen molar-refractivity contribution in [1.82, 2.24) is 0 Å². The number of ether oxygens (including phenoxy) is 1. The summed E-state index contributed by atoms with van der Waals surface area (Å²) in [4.78, 5) is 0. The van der Waals surface area contributed by atoms with E-state index in [9.17, 15) is 0 Å². The van der Waals surface area contributed by atoms with Gasteiger partial charge in [0, 0.05) is 0 Å². The van der Waals surface area contributed by atoms with E-state index in [0.29, 0.717) is 0 Å². The first kappa shape index (κ1) is 19.1. The van der Waals surface area contributed by atoms with Gasteiger partial charge in [0.25, 0.3) is 0 Å². The third kappa shape index (κ3) is 5.69. The summed E-state index contributed by atoms with van der Waals surface area (Å²) in [5, 5.41) is 0.